The Kier molecular flexibility index (Phi) is 3.79. The Morgan fingerprint density at radius 3 is 2.60 bits per heavy atom. The van der Waals surface area contributed by atoms with Gasteiger partial charge in [-0.3, -0.25) is 10.1 Å². The topological polar surface area (TPSA) is 69.4 Å². The van der Waals surface area contributed by atoms with Gasteiger partial charge in [0.05, 0.1) is 0 Å². The van der Waals surface area contributed by atoms with Gasteiger partial charge in [-0.25, -0.2) is 4.79 Å². The first-order chi connectivity index (χ1) is 7.11. The van der Waals surface area contributed by atoms with Gasteiger partial charge in [-0.2, -0.15) is 0 Å². The van der Waals surface area contributed by atoms with E-state index in [0.29, 0.717) is 0 Å². The molecule has 1 aromatic carbocycles. The summed E-state index contributed by atoms with van der Waals surface area (Å²) in [5, 5.41) is 10.3. The summed E-state index contributed by atoms with van der Waals surface area (Å²) in [6.45, 7) is 1.27. The van der Waals surface area contributed by atoms with E-state index < -0.39 is 16.9 Å². The molecule has 5 heteroatoms. The quantitative estimate of drug-likeness (QED) is 0.427. The lowest BCUT2D eigenvalue weighted by Gasteiger charge is -2.05. The van der Waals surface area contributed by atoms with Crippen LogP contribution in [0, 0.1) is 10.1 Å². The van der Waals surface area contributed by atoms with Crippen molar-refractivity contribution in [2.24, 2.45) is 0 Å². The second-order valence-electron chi connectivity index (χ2n) is 3.05. The highest BCUT2D eigenvalue weighted by Gasteiger charge is 2.24. The molecule has 0 unspecified atom stereocenters. The molecule has 0 fully saturated rings. The van der Waals surface area contributed by atoms with Crippen molar-refractivity contribution < 1.29 is 14.5 Å². The van der Waals surface area contributed by atoms with Crippen molar-refractivity contribution in [2.75, 3.05) is 0 Å². The van der Waals surface area contributed by atoms with Crippen molar-refractivity contribution in [2.45, 2.75) is 19.6 Å². The first-order valence-corrected chi connectivity index (χ1v) is 4.45. The van der Waals surface area contributed by atoms with Crippen LogP contribution in [0.15, 0.2) is 30.3 Å². The number of esters is 1. The monoisotopic (exact) mass is 209 g/mol. The molecule has 1 aromatic rings. The van der Waals surface area contributed by atoms with Crippen LogP contribution in [-0.2, 0) is 16.1 Å². The standard InChI is InChI=1S/C10H11NO4/c1-8(11(13)14)10(12)15-7-9-5-3-2-4-6-9/h2-6,8H,7H2,1H3/t8-/m0/s1. The Bertz CT molecular complexity index is 350. The fraction of sp³-hybridized carbons (Fsp3) is 0.300. The third-order valence-corrected chi connectivity index (χ3v) is 1.88. The fourth-order valence-electron chi connectivity index (χ4n) is 0.935. The third-order valence-electron chi connectivity index (χ3n) is 1.88. The Balaban J connectivity index is 2.44. The molecule has 0 aliphatic heterocycles. The smallest absolute Gasteiger partial charge is 0.381 e. The number of nitrogens with zero attached hydrogens (tertiary/aromatic N) is 1. The van der Waals surface area contributed by atoms with E-state index >= 15 is 0 Å². The lowest BCUT2D eigenvalue weighted by atomic mass is 10.2. The lowest BCUT2D eigenvalue weighted by Crippen LogP contribution is -2.27. The number of carbonyl (C=O) groups is 1. The number of nitro groups is 1. The molecule has 0 aliphatic rings. The molecule has 80 valence electrons. The number of ether oxygens (including phenoxy) is 1. The molecule has 0 amide bonds. The first kappa shape index (κ1) is 11.2. The van der Waals surface area contributed by atoms with Crippen LogP contribution in [0.5, 0.6) is 0 Å². The summed E-state index contributed by atoms with van der Waals surface area (Å²) in [5.41, 5.74) is 0.807. The van der Waals surface area contributed by atoms with Gasteiger partial charge in [0.2, 0.25) is 0 Å². The summed E-state index contributed by atoms with van der Waals surface area (Å²) in [7, 11) is 0. The van der Waals surface area contributed by atoms with E-state index in [0.717, 1.165) is 5.56 Å². The van der Waals surface area contributed by atoms with E-state index in [9.17, 15) is 14.9 Å². The minimum absolute atomic E-state index is 0.0673. The molecule has 1 atom stereocenters. The van der Waals surface area contributed by atoms with Crippen molar-refractivity contribution in [3.05, 3.63) is 46.0 Å². The Morgan fingerprint density at radius 1 is 1.47 bits per heavy atom. The van der Waals surface area contributed by atoms with E-state index in [1.807, 2.05) is 6.07 Å². The largest absolute Gasteiger partial charge is 0.456 e. The van der Waals surface area contributed by atoms with Crippen LogP contribution in [0.4, 0.5) is 0 Å². The normalized spacial score (nSPS) is 11.8. The molecule has 0 bridgehead atoms. The Labute approximate surface area is 86.8 Å². The summed E-state index contributed by atoms with van der Waals surface area (Å²) in [4.78, 5) is 20.7. The van der Waals surface area contributed by atoms with Crippen molar-refractivity contribution in [3.63, 3.8) is 0 Å². The SMILES string of the molecule is C[C@@H](C(=O)OCc1ccccc1)[N+](=O)[O-]. The molecule has 0 heterocycles. The molecular formula is C10H11NO4. The second-order valence-corrected chi connectivity index (χ2v) is 3.05. The zero-order valence-electron chi connectivity index (χ0n) is 8.25. The van der Waals surface area contributed by atoms with Gasteiger partial charge >= 0.3 is 12.0 Å². The van der Waals surface area contributed by atoms with Gasteiger partial charge in [-0.1, -0.05) is 30.3 Å². The van der Waals surface area contributed by atoms with Gasteiger partial charge < -0.3 is 4.74 Å². The van der Waals surface area contributed by atoms with E-state index in [1.165, 1.54) is 6.92 Å². The molecule has 1 rings (SSSR count). The highest BCUT2D eigenvalue weighted by molar-refractivity contribution is 5.73. The fourth-order valence-corrected chi connectivity index (χ4v) is 0.935. The number of carbonyl (C=O) groups excluding carboxylic acids is 1. The molecule has 0 spiro atoms. The van der Waals surface area contributed by atoms with Gasteiger partial charge in [0.1, 0.15) is 6.61 Å². The lowest BCUT2D eigenvalue weighted by molar-refractivity contribution is -0.506. The number of hydrogen-bond donors (Lipinski definition) is 0. The molecule has 0 aliphatic carbocycles. The van der Waals surface area contributed by atoms with E-state index in [1.54, 1.807) is 24.3 Å². The zero-order chi connectivity index (χ0) is 11.3. The molecule has 15 heavy (non-hydrogen) atoms. The highest BCUT2D eigenvalue weighted by atomic mass is 16.6. The van der Waals surface area contributed by atoms with Gasteiger partial charge in [-0.05, 0) is 5.56 Å². The summed E-state index contributed by atoms with van der Waals surface area (Å²) >= 11 is 0. The first-order valence-electron chi connectivity index (χ1n) is 4.45. The number of rotatable bonds is 4. The van der Waals surface area contributed by atoms with Crippen molar-refractivity contribution in [1.29, 1.82) is 0 Å². The van der Waals surface area contributed by atoms with Gasteiger partial charge in [0.25, 0.3) is 0 Å². The van der Waals surface area contributed by atoms with Crippen LogP contribution in [0.2, 0.25) is 0 Å². The van der Waals surface area contributed by atoms with E-state index in [2.05, 4.69) is 0 Å². The predicted octanol–water partition coefficient (Wildman–Crippen LogP) is 1.40. The van der Waals surface area contributed by atoms with Gasteiger partial charge in [0, 0.05) is 11.8 Å². The van der Waals surface area contributed by atoms with Crippen LogP contribution >= 0.6 is 0 Å². The second kappa shape index (κ2) is 5.09. The molecule has 0 radical (unpaired) electrons. The number of benzene rings is 1. The van der Waals surface area contributed by atoms with E-state index in [4.69, 9.17) is 4.74 Å². The maximum atomic E-state index is 11.1. The van der Waals surface area contributed by atoms with Crippen molar-refractivity contribution in [1.82, 2.24) is 0 Å². The molecule has 0 aromatic heterocycles. The maximum Gasteiger partial charge on any atom is 0.381 e. The summed E-state index contributed by atoms with van der Waals surface area (Å²) in [6.07, 6.45) is 0. The molecular weight excluding hydrogens is 198 g/mol. The van der Waals surface area contributed by atoms with E-state index in [-0.39, 0.29) is 6.61 Å². The molecule has 5 nitrogen and oxygen atoms in total. The minimum Gasteiger partial charge on any atom is -0.456 e. The predicted molar refractivity (Wildman–Crippen MR) is 52.7 cm³/mol. The number of hydrogen-bond acceptors (Lipinski definition) is 4. The zero-order valence-corrected chi connectivity index (χ0v) is 8.25. The molecule has 0 saturated carbocycles. The Hall–Kier alpha value is -1.91. The summed E-state index contributed by atoms with van der Waals surface area (Å²) < 4.78 is 4.77. The Morgan fingerprint density at radius 2 is 2.07 bits per heavy atom. The van der Waals surface area contributed by atoms with Crippen LogP contribution in [-0.4, -0.2) is 16.9 Å². The maximum absolute atomic E-state index is 11.1. The third kappa shape index (κ3) is 3.38. The average molecular weight is 209 g/mol. The molecule has 0 N–H and O–H groups in total. The van der Waals surface area contributed by atoms with Crippen LogP contribution < -0.4 is 0 Å². The van der Waals surface area contributed by atoms with Gasteiger partial charge in [0.15, 0.2) is 0 Å². The highest BCUT2D eigenvalue weighted by Crippen LogP contribution is 2.02. The van der Waals surface area contributed by atoms with Gasteiger partial charge in [-0.15, -0.1) is 0 Å². The summed E-state index contributed by atoms with van der Waals surface area (Å²) in [6, 6.07) is 7.70. The molecule has 0 saturated heterocycles. The summed E-state index contributed by atoms with van der Waals surface area (Å²) in [5.74, 6) is -0.816. The van der Waals surface area contributed by atoms with Crippen molar-refractivity contribution in [3.8, 4) is 0 Å². The minimum atomic E-state index is -1.31. The average Bonchev–Trinajstić information content (AvgIpc) is 2.26. The van der Waals surface area contributed by atoms with Crippen LogP contribution in [0.1, 0.15) is 12.5 Å². The van der Waals surface area contributed by atoms with Crippen LogP contribution in [0.25, 0.3) is 0 Å². The van der Waals surface area contributed by atoms with Crippen molar-refractivity contribution >= 4 is 5.97 Å². The van der Waals surface area contributed by atoms with Crippen LogP contribution in [0.3, 0.4) is 0 Å².